The number of sulfone groups is 1. The minimum absolute atomic E-state index is 0.0504. The van der Waals surface area contributed by atoms with Gasteiger partial charge < -0.3 is 5.73 Å². The molecule has 0 aliphatic heterocycles. The summed E-state index contributed by atoms with van der Waals surface area (Å²) in [5, 5.41) is 9.85. The van der Waals surface area contributed by atoms with Gasteiger partial charge in [0.25, 0.3) is 10.1 Å². The van der Waals surface area contributed by atoms with E-state index in [2.05, 4.69) is 5.43 Å². The Hall–Kier alpha value is -3.82. The van der Waals surface area contributed by atoms with Gasteiger partial charge in [-0.05, 0) is 73.8 Å². The van der Waals surface area contributed by atoms with Gasteiger partial charge in [-0.2, -0.15) is 8.42 Å². The number of amides is 2. The molecule has 0 heterocycles. The summed E-state index contributed by atoms with van der Waals surface area (Å²) in [5.41, 5.74) is 12.5. The number of carbonyl (C=O) groups excluding carboxylic acids is 2. The first-order valence-electron chi connectivity index (χ1n) is 16.0. The molecule has 3 rings (SSSR count). The molecule has 2 amide bonds. The molecule has 1 unspecified atom stereocenters. The molecule has 3 aromatic carbocycles. The Kier molecular flexibility index (Phi) is 15.4. The lowest BCUT2D eigenvalue weighted by atomic mass is 9.71. The van der Waals surface area contributed by atoms with Gasteiger partial charge >= 0.3 is 0 Å². The minimum Gasteiger partial charge on any atom is -0.398 e. The van der Waals surface area contributed by atoms with Crippen molar-refractivity contribution >= 4 is 37.5 Å². The number of para-hydroxylation sites is 1. The van der Waals surface area contributed by atoms with E-state index in [4.69, 9.17) is 16.1 Å². The average Bonchev–Trinajstić information content (AvgIpc) is 3.03. The first-order valence-corrected chi connectivity index (χ1v) is 19.1. The molecule has 8 N–H and O–H groups in total. The number of anilines is 1. The normalized spacial score (nSPS) is 14.2. The number of carbonyl (C=O) groups is 2. The van der Waals surface area contributed by atoms with Crippen molar-refractivity contribution in [2.24, 2.45) is 29.5 Å². The summed E-state index contributed by atoms with van der Waals surface area (Å²) in [4.78, 5) is 26.6. The van der Waals surface area contributed by atoms with Crippen LogP contribution >= 0.6 is 0 Å². The van der Waals surface area contributed by atoms with Crippen molar-refractivity contribution < 1.29 is 36.2 Å². The average molecular weight is 719 g/mol. The zero-order valence-electron chi connectivity index (χ0n) is 28.7. The molecule has 0 saturated heterocycles. The van der Waals surface area contributed by atoms with Crippen LogP contribution in [0.5, 0.6) is 0 Å². The van der Waals surface area contributed by atoms with Crippen molar-refractivity contribution in [3.8, 4) is 0 Å². The van der Waals surface area contributed by atoms with Gasteiger partial charge in [0.2, 0.25) is 11.8 Å². The summed E-state index contributed by atoms with van der Waals surface area (Å²) in [6.45, 7) is 9.33. The Bertz CT molecular complexity index is 1730. The number of benzene rings is 3. The van der Waals surface area contributed by atoms with E-state index in [0.717, 1.165) is 11.1 Å². The monoisotopic (exact) mass is 718 g/mol. The van der Waals surface area contributed by atoms with Crippen LogP contribution in [0.4, 0.5) is 5.69 Å². The fourth-order valence-electron chi connectivity index (χ4n) is 6.14. The predicted octanol–water partition coefficient (Wildman–Crippen LogP) is 4.62. The maximum Gasteiger partial charge on any atom is 0.294 e. The third-order valence-corrected chi connectivity index (χ3v) is 11.8. The Morgan fingerprint density at radius 3 is 1.90 bits per heavy atom. The van der Waals surface area contributed by atoms with Gasteiger partial charge in [-0.25, -0.2) is 19.7 Å². The van der Waals surface area contributed by atoms with Crippen LogP contribution in [0, 0.1) is 30.6 Å². The Morgan fingerprint density at radius 1 is 0.837 bits per heavy atom. The van der Waals surface area contributed by atoms with Crippen molar-refractivity contribution in [3.05, 3.63) is 95.6 Å². The molecule has 0 aliphatic carbocycles. The molecular weight excluding hydrogens is 669 g/mol. The summed E-state index contributed by atoms with van der Waals surface area (Å²) >= 11 is 0. The summed E-state index contributed by atoms with van der Waals surface area (Å²) in [6, 6.07) is 22.0. The van der Waals surface area contributed by atoms with Crippen LogP contribution < -0.4 is 22.5 Å². The van der Waals surface area contributed by atoms with Gasteiger partial charge in [-0.1, -0.05) is 93.9 Å². The molecule has 49 heavy (non-hydrogen) atoms. The van der Waals surface area contributed by atoms with Crippen molar-refractivity contribution in [3.63, 3.8) is 0 Å². The summed E-state index contributed by atoms with van der Waals surface area (Å²) in [7, 11) is -8.19. The number of nitrogen functional groups attached to an aromatic ring is 1. The molecule has 0 aliphatic rings. The van der Waals surface area contributed by atoms with Crippen LogP contribution in [-0.2, 0) is 41.7 Å². The topological polar surface area (TPSA) is 219 Å². The third-order valence-electron chi connectivity index (χ3n) is 8.34. The Labute approximate surface area is 290 Å². The predicted molar refractivity (Wildman–Crippen MR) is 190 cm³/mol. The highest BCUT2D eigenvalue weighted by molar-refractivity contribution is 7.92. The van der Waals surface area contributed by atoms with Crippen LogP contribution in [0.25, 0.3) is 0 Å². The van der Waals surface area contributed by atoms with Crippen molar-refractivity contribution in [1.82, 2.24) is 10.9 Å². The summed E-state index contributed by atoms with van der Waals surface area (Å²) < 4.78 is 57.1. The maximum absolute atomic E-state index is 14.6. The first kappa shape index (κ1) is 41.4. The smallest absolute Gasteiger partial charge is 0.294 e. The van der Waals surface area contributed by atoms with Crippen LogP contribution in [0.1, 0.15) is 63.6 Å². The number of hydrogen-bond donors (Lipinski definition) is 6. The molecule has 0 aromatic heterocycles. The maximum atomic E-state index is 14.6. The van der Waals surface area contributed by atoms with Gasteiger partial charge in [-0.15, -0.1) is 0 Å². The number of hydrazine groups is 1. The fraction of sp³-hybridized carbons (Fsp3) is 0.429. The van der Waals surface area contributed by atoms with Crippen LogP contribution in [0.3, 0.4) is 0 Å². The SMILES string of the molecule is CC(C)C[C@@H](C(=O)NN)[C@@H](C(=O)NO)C(CCc1ccccc1)(CC(C)C)S(=O)(=O)Cc1ccccc1N.Cc1ccc(S(=O)(=O)O)cc1. The molecular formula is C35H50N4O8S2. The fourth-order valence-corrected chi connectivity index (χ4v) is 9.24. The van der Waals surface area contributed by atoms with Crippen LogP contribution in [0.2, 0.25) is 0 Å². The quantitative estimate of drug-likeness (QED) is 0.0320. The molecule has 0 saturated carbocycles. The largest absolute Gasteiger partial charge is 0.398 e. The van der Waals surface area contributed by atoms with Crippen molar-refractivity contribution in [1.29, 1.82) is 0 Å². The second kappa shape index (κ2) is 18.3. The number of nitrogens with one attached hydrogen (secondary N) is 2. The standard InChI is InChI=1S/C28H42N4O5S.C7H8O3S/c1-19(2)16-23(26(33)31-30)25(27(34)32-35)28(17-20(3)4,15-14-21-10-6-5-7-11-21)38(36,37)18-22-12-8-9-13-24(22)29;1-6-2-4-7(5-3-6)11(8,9)10/h5-13,19-20,23,25,35H,14-18,29-30H2,1-4H3,(H,31,33)(H,32,34);2-5H,1H3,(H,8,9,10)/t23-,25+,28?;/m1./s1. The highest BCUT2D eigenvalue weighted by Gasteiger charge is 2.56. The number of rotatable bonds is 15. The zero-order chi connectivity index (χ0) is 37.0. The molecule has 0 spiro atoms. The molecule has 14 heteroatoms. The second-order valence-corrected chi connectivity index (χ2v) is 16.8. The van der Waals surface area contributed by atoms with Crippen LogP contribution in [0.15, 0.2) is 83.8 Å². The van der Waals surface area contributed by atoms with E-state index < -0.39 is 54.1 Å². The zero-order valence-corrected chi connectivity index (χ0v) is 30.3. The van der Waals surface area contributed by atoms with Crippen LogP contribution in [-0.4, -0.2) is 43.2 Å². The van der Waals surface area contributed by atoms with Gasteiger partial charge in [0.1, 0.15) is 0 Å². The van der Waals surface area contributed by atoms with E-state index >= 15 is 0 Å². The van der Waals surface area contributed by atoms with E-state index in [0.29, 0.717) is 17.7 Å². The van der Waals surface area contributed by atoms with Crippen molar-refractivity contribution in [2.45, 2.75) is 75.7 Å². The summed E-state index contributed by atoms with van der Waals surface area (Å²) in [5.74, 6) is 0.765. The molecule has 0 fully saturated rings. The number of aryl methyl sites for hydroxylation is 2. The van der Waals surface area contributed by atoms with Gasteiger partial charge in [-0.3, -0.25) is 24.8 Å². The lowest BCUT2D eigenvalue weighted by Crippen LogP contribution is -2.59. The molecule has 0 bridgehead atoms. The van der Waals surface area contributed by atoms with E-state index in [1.54, 1.807) is 41.9 Å². The van der Waals surface area contributed by atoms with E-state index in [9.17, 15) is 31.6 Å². The Morgan fingerprint density at radius 2 is 1.41 bits per heavy atom. The number of nitrogens with two attached hydrogens (primary N) is 2. The molecule has 3 atom stereocenters. The third kappa shape index (κ3) is 11.6. The summed E-state index contributed by atoms with van der Waals surface area (Å²) in [6.07, 6.45) is 0.661. The van der Waals surface area contributed by atoms with Gasteiger partial charge in [0.15, 0.2) is 9.84 Å². The van der Waals surface area contributed by atoms with E-state index in [1.807, 2.05) is 65.0 Å². The molecule has 270 valence electrons. The second-order valence-electron chi connectivity index (χ2n) is 13.1. The molecule has 0 radical (unpaired) electrons. The Balaban J connectivity index is 0.000000639. The van der Waals surface area contributed by atoms with Gasteiger partial charge in [0.05, 0.1) is 27.2 Å². The highest BCUT2D eigenvalue weighted by atomic mass is 32.2. The van der Waals surface area contributed by atoms with Gasteiger partial charge in [0, 0.05) is 5.69 Å². The highest BCUT2D eigenvalue weighted by Crippen LogP contribution is 2.45. The number of hydroxylamine groups is 1. The lowest BCUT2D eigenvalue weighted by Gasteiger charge is -2.43. The first-order chi connectivity index (χ1) is 22.9. The lowest BCUT2D eigenvalue weighted by molar-refractivity contribution is -0.143. The minimum atomic E-state index is -4.17. The molecule has 12 nitrogen and oxygen atoms in total. The molecule has 3 aromatic rings. The number of hydrogen-bond acceptors (Lipinski definition) is 9. The van der Waals surface area contributed by atoms with Crippen molar-refractivity contribution in [2.75, 3.05) is 5.73 Å². The van der Waals surface area contributed by atoms with E-state index in [-0.39, 0.29) is 36.0 Å². The van der Waals surface area contributed by atoms with E-state index in [1.165, 1.54) is 12.1 Å².